The zero-order chi connectivity index (χ0) is 18.8. The third-order valence-electron chi connectivity index (χ3n) is 3.50. The molecule has 2 aromatic rings. The smallest absolute Gasteiger partial charge is 0.306 e. The molecule has 0 saturated carbocycles. The van der Waals surface area contributed by atoms with Gasteiger partial charge in [-0.25, -0.2) is 0 Å². The van der Waals surface area contributed by atoms with Crippen molar-refractivity contribution in [1.29, 1.82) is 0 Å². The summed E-state index contributed by atoms with van der Waals surface area (Å²) >= 11 is 1.60. The molecule has 6 nitrogen and oxygen atoms in total. The largest absolute Gasteiger partial charge is 0.466 e. The Hall–Kier alpha value is -2.67. The maximum absolute atomic E-state index is 12.0. The molecule has 0 bridgehead atoms. The minimum atomic E-state index is -0.383. The SMILES string of the molecule is CCOC(=O)CCC(=O)Nc1ccc(CC(=O)NCc2cccs2)cc1. The molecule has 0 aliphatic rings. The van der Waals surface area contributed by atoms with Gasteiger partial charge in [-0.2, -0.15) is 0 Å². The van der Waals surface area contributed by atoms with Crippen LogP contribution in [-0.2, 0) is 32.1 Å². The molecule has 0 spiro atoms. The highest BCUT2D eigenvalue weighted by Gasteiger charge is 2.08. The van der Waals surface area contributed by atoms with Crippen molar-refractivity contribution in [3.8, 4) is 0 Å². The van der Waals surface area contributed by atoms with Crippen LogP contribution in [-0.4, -0.2) is 24.4 Å². The quantitative estimate of drug-likeness (QED) is 0.661. The molecule has 26 heavy (non-hydrogen) atoms. The lowest BCUT2D eigenvalue weighted by atomic mass is 10.1. The molecule has 138 valence electrons. The highest BCUT2D eigenvalue weighted by Crippen LogP contribution is 2.12. The number of rotatable bonds is 9. The van der Waals surface area contributed by atoms with Crippen LogP contribution in [0.15, 0.2) is 41.8 Å². The van der Waals surface area contributed by atoms with E-state index in [1.165, 1.54) is 0 Å². The number of amides is 2. The zero-order valence-electron chi connectivity index (χ0n) is 14.6. The average Bonchev–Trinajstić information content (AvgIpc) is 3.14. The monoisotopic (exact) mass is 374 g/mol. The van der Waals surface area contributed by atoms with Crippen molar-refractivity contribution < 1.29 is 19.1 Å². The molecule has 0 atom stereocenters. The molecule has 0 aliphatic heterocycles. The van der Waals surface area contributed by atoms with Gasteiger partial charge in [-0.3, -0.25) is 14.4 Å². The first-order chi connectivity index (χ1) is 12.6. The van der Waals surface area contributed by atoms with Gasteiger partial charge in [0.05, 0.1) is 26.0 Å². The fraction of sp³-hybridized carbons (Fsp3) is 0.316. The van der Waals surface area contributed by atoms with Gasteiger partial charge in [0.25, 0.3) is 0 Å². The van der Waals surface area contributed by atoms with Crippen LogP contribution >= 0.6 is 11.3 Å². The van der Waals surface area contributed by atoms with Gasteiger partial charge in [-0.05, 0) is 36.1 Å². The third kappa shape index (κ3) is 7.06. The number of carbonyl (C=O) groups excluding carboxylic acids is 3. The van der Waals surface area contributed by atoms with Gasteiger partial charge >= 0.3 is 5.97 Å². The Morgan fingerprint density at radius 2 is 1.81 bits per heavy atom. The number of benzene rings is 1. The Balaban J connectivity index is 1.74. The zero-order valence-corrected chi connectivity index (χ0v) is 15.4. The molecule has 0 saturated heterocycles. The molecule has 0 fully saturated rings. The van der Waals surface area contributed by atoms with E-state index in [0.29, 0.717) is 18.8 Å². The third-order valence-corrected chi connectivity index (χ3v) is 4.38. The summed E-state index contributed by atoms with van der Waals surface area (Å²) in [4.78, 5) is 36.1. The number of hydrogen-bond acceptors (Lipinski definition) is 5. The number of carbonyl (C=O) groups is 3. The molecule has 2 rings (SSSR count). The molecule has 1 heterocycles. The summed E-state index contributed by atoms with van der Waals surface area (Å²) in [5.74, 6) is -0.685. The maximum atomic E-state index is 12.0. The van der Waals surface area contributed by atoms with Gasteiger partial charge in [-0.1, -0.05) is 18.2 Å². The van der Waals surface area contributed by atoms with Crippen LogP contribution < -0.4 is 10.6 Å². The molecular formula is C19H22N2O4S. The fourth-order valence-corrected chi connectivity index (χ4v) is 2.87. The minimum Gasteiger partial charge on any atom is -0.466 e. The molecule has 1 aromatic heterocycles. The predicted octanol–water partition coefficient (Wildman–Crippen LogP) is 2.89. The molecule has 0 aliphatic carbocycles. The number of esters is 1. The van der Waals surface area contributed by atoms with Gasteiger partial charge in [0.15, 0.2) is 0 Å². The number of thiophene rings is 1. The van der Waals surface area contributed by atoms with Crippen LogP contribution in [0.1, 0.15) is 30.2 Å². The number of hydrogen-bond donors (Lipinski definition) is 2. The summed E-state index contributed by atoms with van der Waals surface area (Å²) in [5.41, 5.74) is 1.49. The number of nitrogens with one attached hydrogen (secondary N) is 2. The molecular weight excluding hydrogens is 352 g/mol. The summed E-state index contributed by atoms with van der Waals surface area (Å²) in [6.45, 7) is 2.57. The minimum absolute atomic E-state index is 0.0513. The van der Waals surface area contributed by atoms with Crippen LogP contribution in [0.4, 0.5) is 5.69 Å². The topological polar surface area (TPSA) is 84.5 Å². The van der Waals surface area contributed by atoms with Gasteiger partial charge in [-0.15, -0.1) is 11.3 Å². The summed E-state index contributed by atoms with van der Waals surface area (Å²) in [6.07, 6.45) is 0.413. The summed E-state index contributed by atoms with van der Waals surface area (Å²) in [6, 6.07) is 11.0. The van der Waals surface area contributed by atoms with Crippen molar-refractivity contribution in [2.24, 2.45) is 0 Å². The Bertz CT molecular complexity index is 727. The van der Waals surface area contributed by atoms with Crippen molar-refractivity contribution in [3.05, 3.63) is 52.2 Å². The fourth-order valence-electron chi connectivity index (χ4n) is 2.22. The first-order valence-electron chi connectivity index (χ1n) is 8.40. The molecule has 0 radical (unpaired) electrons. The Morgan fingerprint density at radius 3 is 2.46 bits per heavy atom. The highest BCUT2D eigenvalue weighted by atomic mass is 32.1. The van der Waals surface area contributed by atoms with E-state index >= 15 is 0 Å². The molecule has 1 aromatic carbocycles. The van der Waals surface area contributed by atoms with Crippen molar-refractivity contribution >= 4 is 34.8 Å². The van der Waals surface area contributed by atoms with E-state index in [-0.39, 0.29) is 37.0 Å². The lowest BCUT2D eigenvalue weighted by Gasteiger charge is -2.07. The Morgan fingerprint density at radius 1 is 1.04 bits per heavy atom. The van der Waals surface area contributed by atoms with E-state index < -0.39 is 0 Å². The van der Waals surface area contributed by atoms with Gasteiger partial charge in [0, 0.05) is 17.0 Å². The second-order valence-electron chi connectivity index (χ2n) is 5.58. The van der Waals surface area contributed by atoms with E-state index in [1.807, 2.05) is 17.5 Å². The summed E-state index contributed by atoms with van der Waals surface area (Å²) < 4.78 is 4.78. The first kappa shape index (κ1) is 19.7. The predicted molar refractivity (Wildman–Crippen MR) is 101 cm³/mol. The summed E-state index contributed by atoms with van der Waals surface area (Å²) in [5, 5.41) is 7.57. The Kier molecular flexibility index (Phi) is 7.82. The lowest BCUT2D eigenvalue weighted by Crippen LogP contribution is -2.24. The summed E-state index contributed by atoms with van der Waals surface area (Å²) in [7, 11) is 0. The van der Waals surface area contributed by atoms with E-state index in [2.05, 4.69) is 10.6 Å². The van der Waals surface area contributed by atoms with Crippen molar-refractivity contribution in [1.82, 2.24) is 5.32 Å². The standard InChI is InChI=1S/C19H22N2O4S/c1-2-25-19(24)10-9-17(22)21-15-7-5-14(6-8-15)12-18(23)20-13-16-4-3-11-26-16/h3-8,11H,2,9-10,12-13H2,1H3,(H,20,23)(H,21,22). The van der Waals surface area contributed by atoms with Crippen LogP contribution in [0.5, 0.6) is 0 Å². The van der Waals surface area contributed by atoms with Crippen molar-refractivity contribution in [2.45, 2.75) is 32.7 Å². The van der Waals surface area contributed by atoms with E-state index in [4.69, 9.17) is 4.74 Å². The number of anilines is 1. The molecule has 2 amide bonds. The van der Waals surface area contributed by atoms with Crippen LogP contribution in [0, 0.1) is 0 Å². The van der Waals surface area contributed by atoms with E-state index in [1.54, 1.807) is 42.5 Å². The van der Waals surface area contributed by atoms with Crippen LogP contribution in [0.3, 0.4) is 0 Å². The Labute approximate surface area is 156 Å². The second-order valence-corrected chi connectivity index (χ2v) is 6.62. The van der Waals surface area contributed by atoms with Gasteiger partial charge in [0.1, 0.15) is 0 Å². The van der Waals surface area contributed by atoms with Gasteiger partial charge < -0.3 is 15.4 Å². The maximum Gasteiger partial charge on any atom is 0.306 e. The van der Waals surface area contributed by atoms with Crippen LogP contribution in [0.2, 0.25) is 0 Å². The molecule has 7 heteroatoms. The average molecular weight is 374 g/mol. The number of ether oxygens (including phenoxy) is 1. The van der Waals surface area contributed by atoms with Crippen molar-refractivity contribution in [2.75, 3.05) is 11.9 Å². The van der Waals surface area contributed by atoms with E-state index in [0.717, 1.165) is 10.4 Å². The molecule has 2 N–H and O–H groups in total. The first-order valence-corrected chi connectivity index (χ1v) is 9.28. The van der Waals surface area contributed by atoms with Gasteiger partial charge in [0.2, 0.25) is 11.8 Å². The van der Waals surface area contributed by atoms with Crippen LogP contribution in [0.25, 0.3) is 0 Å². The second kappa shape index (κ2) is 10.4. The highest BCUT2D eigenvalue weighted by molar-refractivity contribution is 7.09. The molecule has 0 unspecified atom stereocenters. The van der Waals surface area contributed by atoms with E-state index in [9.17, 15) is 14.4 Å². The lowest BCUT2D eigenvalue weighted by molar-refractivity contribution is -0.144. The van der Waals surface area contributed by atoms with Crippen molar-refractivity contribution in [3.63, 3.8) is 0 Å². The normalized spacial score (nSPS) is 10.2.